The predicted octanol–water partition coefficient (Wildman–Crippen LogP) is 6.25. The van der Waals surface area contributed by atoms with Gasteiger partial charge in [0.2, 0.25) is 0 Å². The van der Waals surface area contributed by atoms with Gasteiger partial charge in [0.1, 0.15) is 23.9 Å². The molecule has 0 aliphatic carbocycles. The summed E-state index contributed by atoms with van der Waals surface area (Å²) in [5, 5.41) is 3.99. The number of carbonyl (C=O) groups excluding carboxylic acids is 2. The molecule has 0 saturated carbocycles. The molecule has 0 radical (unpaired) electrons. The lowest BCUT2D eigenvalue weighted by molar-refractivity contribution is 0.0734. The van der Waals surface area contributed by atoms with Gasteiger partial charge in [-0.25, -0.2) is 10.2 Å². The van der Waals surface area contributed by atoms with E-state index in [9.17, 15) is 9.59 Å². The summed E-state index contributed by atoms with van der Waals surface area (Å²) in [6.07, 6.45) is 1.40. The van der Waals surface area contributed by atoms with Crippen molar-refractivity contribution >= 4 is 18.1 Å². The van der Waals surface area contributed by atoms with Crippen LogP contribution in [0.3, 0.4) is 0 Å². The minimum atomic E-state index is -0.525. The zero-order valence-corrected chi connectivity index (χ0v) is 22.0. The van der Waals surface area contributed by atoms with Crippen molar-refractivity contribution in [2.24, 2.45) is 5.10 Å². The Bertz CT molecular complexity index is 1630. The summed E-state index contributed by atoms with van der Waals surface area (Å²) in [6, 6.07) is 30.8. The van der Waals surface area contributed by atoms with Crippen molar-refractivity contribution in [1.82, 2.24) is 9.99 Å². The van der Waals surface area contributed by atoms with Crippen molar-refractivity contribution in [2.75, 3.05) is 0 Å². The van der Waals surface area contributed by atoms with Crippen LogP contribution in [0.2, 0.25) is 0 Å². The standard InChI is InChI=1S/C32H27N3O5/c1-22-12-13-23(2)35(22)26-14-16-27(17-15-26)38-21-28-18-19-30(39-28)31(36)34-33-20-25-10-6-7-11-29(25)40-32(37)24-8-4-3-5-9-24/h3-20H,21H2,1-2H3,(H,34,36)/b33-20-. The van der Waals surface area contributed by atoms with E-state index in [0.717, 1.165) is 17.1 Å². The van der Waals surface area contributed by atoms with Crippen LogP contribution in [0, 0.1) is 13.8 Å². The number of rotatable bonds is 9. The Kier molecular flexibility index (Phi) is 7.87. The Hall–Kier alpha value is -5.37. The number of ether oxygens (including phenoxy) is 2. The van der Waals surface area contributed by atoms with E-state index in [0.29, 0.717) is 28.4 Å². The van der Waals surface area contributed by atoms with Crippen molar-refractivity contribution in [3.05, 3.63) is 137 Å². The molecule has 1 amide bonds. The molecule has 0 aliphatic heterocycles. The van der Waals surface area contributed by atoms with Crippen LogP contribution >= 0.6 is 0 Å². The molecule has 2 aromatic heterocycles. The number of hydrazone groups is 1. The number of hydrogen-bond donors (Lipinski definition) is 1. The lowest BCUT2D eigenvalue weighted by atomic mass is 10.2. The number of benzene rings is 3. The number of nitrogens with zero attached hydrogens (tertiary/aromatic N) is 2. The summed E-state index contributed by atoms with van der Waals surface area (Å²) in [7, 11) is 0. The first-order valence-electron chi connectivity index (χ1n) is 12.6. The number of aromatic nitrogens is 1. The van der Waals surface area contributed by atoms with Gasteiger partial charge in [0, 0.05) is 22.6 Å². The highest BCUT2D eigenvalue weighted by molar-refractivity contribution is 5.94. The quantitative estimate of drug-likeness (QED) is 0.105. The molecule has 0 bridgehead atoms. The van der Waals surface area contributed by atoms with Crippen molar-refractivity contribution in [3.8, 4) is 17.2 Å². The number of hydrogen-bond acceptors (Lipinski definition) is 6. The summed E-state index contributed by atoms with van der Waals surface area (Å²) < 4.78 is 19.1. The Morgan fingerprint density at radius 1 is 0.850 bits per heavy atom. The first kappa shape index (κ1) is 26.2. The van der Waals surface area contributed by atoms with E-state index in [1.54, 1.807) is 60.7 Å². The molecule has 0 unspecified atom stereocenters. The first-order valence-corrected chi connectivity index (χ1v) is 12.6. The molecular formula is C32H27N3O5. The predicted molar refractivity (Wildman–Crippen MR) is 151 cm³/mol. The van der Waals surface area contributed by atoms with Crippen LogP contribution in [-0.2, 0) is 6.61 Å². The zero-order valence-electron chi connectivity index (χ0n) is 22.0. The number of carbonyl (C=O) groups is 2. The lowest BCUT2D eigenvalue weighted by Crippen LogP contribution is -2.17. The number of nitrogens with one attached hydrogen (secondary N) is 1. The van der Waals surface area contributed by atoms with Crippen LogP contribution in [0.15, 0.2) is 113 Å². The Morgan fingerprint density at radius 2 is 1.55 bits per heavy atom. The van der Waals surface area contributed by atoms with Crippen LogP contribution in [0.1, 0.15) is 43.6 Å². The highest BCUT2D eigenvalue weighted by Gasteiger charge is 2.13. The average Bonchev–Trinajstić information content (AvgIpc) is 3.59. The second-order valence-electron chi connectivity index (χ2n) is 8.99. The maximum Gasteiger partial charge on any atom is 0.343 e. The molecule has 8 heteroatoms. The monoisotopic (exact) mass is 533 g/mol. The molecule has 0 aliphatic rings. The fraction of sp³-hybridized carbons (Fsp3) is 0.0938. The maximum atomic E-state index is 12.5. The van der Waals surface area contributed by atoms with Crippen LogP contribution in [0.5, 0.6) is 11.5 Å². The van der Waals surface area contributed by atoms with Gasteiger partial charge in [0.05, 0.1) is 11.8 Å². The van der Waals surface area contributed by atoms with Crippen LogP contribution in [-0.4, -0.2) is 22.7 Å². The third-order valence-corrected chi connectivity index (χ3v) is 6.13. The summed E-state index contributed by atoms with van der Waals surface area (Å²) in [5.74, 6) is 0.575. The minimum absolute atomic E-state index is 0.0912. The second-order valence-corrected chi connectivity index (χ2v) is 8.99. The third kappa shape index (κ3) is 6.19. The molecule has 8 nitrogen and oxygen atoms in total. The Labute approximate surface area is 231 Å². The van der Waals surface area contributed by atoms with Crippen molar-refractivity contribution in [2.45, 2.75) is 20.5 Å². The van der Waals surface area contributed by atoms with Crippen LogP contribution < -0.4 is 14.9 Å². The number of furan rings is 1. The molecule has 0 saturated heterocycles. The average molecular weight is 534 g/mol. The molecule has 0 spiro atoms. The first-order chi connectivity index (χ1) is 19.5. The highest BCUT2D eigenvalue weighted by atomic mass is 16.5. The van der Waals surface area contributed by atoms with Gasteiger partial charge in [0.15, 0.2) is 5.76 Å². The molecule has 5 aromatic rings. The lowest BCUT2D eigenvalue weighted by Gasteiger charge is -2.10. The molecule has 40 heavy (non-hydrogen) atoms. The Morgan fingerprint density at radius 3 is 2.30 bits per heavy atom. The maximum absolute atomic E-state index is 12.5. The molecule has 0 fully saturated rings. The molecular weight excluding hydrogens is 506 g/mol. The van der Waals surface area contributed by atoms with Crippen LogP contribution in [0.25, 0.3) is 5.69 Å². The zero-order chi connectivity index (χ0) is 27.9. The van der Waals surface area contributed by atoms with Gasteiger partial charge < -0.3 is 18.5 Å². The topological polar surface area (TPSA) is 95.1 Å². The molecule has 5 rings (SSSR count). The van der Waals surface area contributed by atoms with E-state index in [2.05, 4.69) is 41.1 Å². The van der Waals surface area contributed by atoms with E-state index in [4.69, 9.17) is 13.9 Å². The molecule has 200 valence electrons. The molecule has 2 heterocycles. The van der Waals surface area contributed by atoms with Crippen molar-refractivity contribution in [1.29, 1.82) is 0 Å². The smallest absolute Gasteiger partial charge is 0.343 e. The third-order valence-electron chi connectivity index (χ3n) is 6.13. The molecule has 0 atom stereocenters. The van der Waals surface area contributed by atoms with Crippen LogP contribution in [0.4, 0.5) is 0 Å². The number of para-hydroxylation sites is 1. The Balaban J connectivity index is 1.15. The number of amides is 1. The van der Waals surface area contributed by atoms with Crippen molar-refractivity contribution < 1.29 is 23.5 Å². The summed E-state index contributed by atoms with van der Waals surface area (Å²) in [6.45, 7) is 4.30. The van der Waals surface area contributed by atoms with E-state index >= 15 is 0 Å². The highest BCUT2D eigenvalue weighted by Crippen LogP contribution is 2.21. The number of aryl methyl sites for hydroxylation is 2. The molecule has 1 N–H and O–H groups in total. The number of esters is 1. The van der Waals surface area contributed by atoms with Gasteiger partial charge in [-0.3, -0.25) is 4.79 Å². The SMILES string of the molecule is Cc1ccc(C)n1-c1ccc(OCc2ccc(C(=O)N/N=C\c3ccccc3OC(=O)c3ccccc3)o2)cc1. The fourth-order valence-corrected chi connectivity index (χ4v) is 4.13. The summed E-state index contributed by atoms with van der Waals surface area (Å²) in [5.41, 5.74) is 6.76. The van der Waals surface area contributed by atoms with E-state index < -0.39 is 11.9 Å². The fourth-order valence-electron chi connectivity index (χ4n) is 4.13. The van der Waals surface area contributed by atoms with Gasteiger partial charge in [0.25, 0.3) is 0 Å². The normalized spacial score (nSPS) is 10.9. The summed E-state index contributed by atoms with van der Waals surface area (Å²) >= 11 is 0. The largest absolute Gasteiger partial charge is 0.486 e. The van der Waals surface area contributed by atoms with Gasteiger partial charge in [-0.1, -0.05) is 30.3 Å². The van der Waals surface area contributed by atoms with Crippen molar-refractivity contribution in [3.63, 3.8) is 0 Å². The van der Waals surface area contributed by atoms with E-state index in [1.807, 2.05) is 30.3 Å². The van der Waals surface area contributed by atoms with Gasteiger partial charge >= 0.3 is 11.9 Å². The van der Waals surface area contributed by atoms with Gasteiger partial charge in [-0.05, 0) is 86.6 Å². The minimum Gasteiger partial charge on any atom is -0.486 e. The summed E-state index contributed by atoms with van der Waals surface area (Å²) in [4.78, 5) is 24.9. The van der Waals surface area contributed by atoms with E-state index in [-0.39, 0.29) is 12.4 Å². The van der Waals surface area contributed by atoms with Gasteiger partial charge in [-0.15, -0.1) is 0 Å². The van der Waals surface area contributed by atoms with Gasteiger partial charge in [-0.2, -0.15) is 5.10 Å². The molecule has 3 aromatic carbocycles. The second kappa shape index (κ2) is 12.0. The van der Waals surface area contributed by atoms with E-state index in [1.165, 1.54) is 6.21 Å².